The summed E-state index contributed by atoms with van der Waals surface area (Å²) in [6.45, 7) is 3.33. The molecule has 1 aromatic rings. The van der Waals surface area contributed by atoms with Crippen LogP contribution in [0.15, 0.2) is 30.3 Å². The first-order chi connectivity index (χ1) is 9.30. The maximum absolute atomic E-state index is 6.27. The third-order valence-corrected chi connectivity index (χ3v) is 6.39. The van der Waals surface area contributed by atoms with Gasteiger partial charge in [-0.05, 0) is 24.3 Å². The van der Waals surface area contributed by atoms with Crippen molar-refractivity contribution in [2.24, 2.45) is 5.92 Å². The summed E-state index contributed by atoms with van der Waals surface area (Å²) in [6.07, 6.45) is 6.67. The Balaban J connectivity index is 1.67. The Morgan fingerprint density at radius 3 is 2.63 bits per heavy atom. The molecule has 1 saturated heterocycles. The van der Waals surface area contributed by atoms with E-state index in [1.807, 2.05) is 0 Å². The zero-order valence-corrected chi connectivity index (χ0v) is 12.6. The van der Waals surface area contributed by atoms with Gasteiger partial charge in [-0.15, -0.1) is 0 Å². The quantitative estimate of drug-likeness (QED) is 0.794. The average molecular weight is 276 g/mol. The maximum Gasteiger partial charge on any atom is 0.0804 e. The second-order valence-corrected chi connectivity index (χ2v) is 7.26. The first-order valence-corrected chi connectivity index (χ1v) is 8.64. The van der Waals surface area contributed by atoms with E-state index >= 15 is 0 Å². The molecule has 1 aromatic carbocycles. The number of hydrogen-bond acceptors (Lipinski definition) is 2. The maximum atomic E-state index is 6.27. The highest BCUT2D eigenvalue weighted by molar-refractivity contribution is 7.99. The minimum Gasteiger partial charge on any atom is -0.374 e. The van der Waals surface area contributed by atoms with Gasteiger partial charge in [0.15, 0.2) is 0 Å². The van der Waals surface area contributed by atoms with Crippen LogP contribution in [0.4, 0.5) is 0 Å². The van der Waals surface area contributed by atoms with Gasteiger partial charge in [0.1, 0.15) is 0 Å². The summed E-state index contributed by atoms with van der Waals surface area (Å²) < 4.78 is 6.27. The Hall–Kier alpha value is -0.470. The van der Waals surface area contributed by atoms with Crippen LogP contribution >= 0.6 is 11.8 Å². The molecule has 1 aliphatic carbocycles. The molecule has 0 amide bonds. The third-order valence-electron chi connectivity index (χ3n) is 4.64. The van der Waals surface area contributed by atoms with Crippen LogP contribution in [0.1, 0.15) is 44.6 Å². The van der Waals surface area contributed by atoms with Gasteiger partial charge in [-0.25, -0.2) is 0 Å². The fraction of sp³-hybridized carbons (Fsp3) is 0.647. The van der Waals surface area contributed by atoms with Crippen molar-refractivity contribution in [1.82, 2.24) is 0 Å². The lowest BCUT2D eigenvalue weighted by Crippen LogP contribution is -2.41. The number of benzene rings is 1. The number of rotatable bonds is 3. The summed E-state index contributed by atoms with van der Waals surface area (Å²) >= 11 is 2.13. The fourth-order valence-corrected chi connectivity index (χ4v) is 5.22. The predicted octanol–water partition coefficient (Wildman–Crippen LogP) is 4.66. The Morgan fingerprint density at radius 2 is 1.89 bits per heavy atom. The summed E-state index contributed by atoms with van der Waals surface area (Å²) in [5, 5.41) is 0.688. The normalized spacial score (nSPS) is 29.7. The molecule has 2 atom stereocenters. The molecule has 1 spiro atoms. The lowest BCUT2D eigenvalue weighted by Gasteiger charge is -2.38. The Morgan fingerprint density at radius 1 is 1.16 bits per heavy atom. The monoisotopic (exact) mass is 276 g/mol. The smallest absolute Gasteiger partial charge is 0.0804 e. The van der Waals surface area contributed by atoms with Crippen molar-refractivity contribution in [1.29, 1.82) is 0 Å². The van der Waals surface area contributed by atoms with Gasteiger partial charge in [0.25, 0.3) is 0 Å². The molecular weight excluding hydrogens is 252 g/mol. The van der Waals surface area contributed by atoms with E-state index in [-0.39, 0.29) is 5.60 Å². The van der Waals surface area contributed by atoms with Crippen molar-refractivity contribution in [2.75, 3.05) is 6.61 Å². The van der Waals surface area contributed by atoms with Gasteiger partial charge >= 0.3 is 0 Å². The van der Waals surface area contributed by atoms with E-state index in [0.29, 0.717) is 11.2 Å². The van der Waals surface area contributed by atoms with Crippen molar-refractivity contribution >= 4 is 11.8 Å². The van der Waals surface area contributed by atoms with Crippen LogP contribution in [0, 0.1) is 5.92 Å². The van der Waals surface area contributed by atoms with Crippen LogP contribution in [-0.2, 0) is 10.5 Å². The van der Waals surface area contributed by atoms with Gasteiger partial charge < -0.3 is 4.74 Å². The van der Waals surface area contributed by atoms with E-state index in [9.17, 15) is 0 Å². The lowest BCUT2D eigenvalue weighted by molar-refractivity contribution is -0.0220. The molecule has 1 heterocycles. The van der Waals surface area contributed by atoms with Crippen LogP contribution in [-0.4, -0.2) is 17.5 Å². The average Bonchev–Trinajstić information content (AvgIpc) is 2.75. The van der Waals surface area contributed by atoms with Gasteiger partial charge in [-0.2, -0.15) is 11.8 Å². The minimum atomic E-state index is 0.205. The van der Waals surface area contributed by atoms with E-state index in [4.69, 9.17) is 4.74 Å². The summed E-state index contributed by atoms with van der Waals surface area (Å²) in [7, 11) is 0. The zero-order chi connectivity index (χ0) is 13.1. The first kappa shape index (κ1) is 13.5. The molecule has 104 valence electrons. The van der Waals surface area contributed by atoms with Crippen molar-refractivity contribution in [3.63, 3.8) is 0 Å². The number of thioether (sulfide) groups is 1. The molecule has 0 N–H and O–H groups in total. The standard InChI is InChI=1S/C17H24OS/c1-14-12-18-17(10-6-3-7-11-17)16(14)19-13-15-8-4-2-5-9-15/h2,4-5,8-9,14,16H,3,6-7,10-13H2,1H3/t14-,16+/m0/s1. The molecule has 0 bridgehead atoms. The number of hydrogen-bond donors (Lipinski definition) is 0. The van der Waals surface area contributed by atoms with Crippen molar-refractivity contribution in [2.45, 2.75) is 55.6 Å². The minimum absolute atomic E-state index is 0.205. The van der Waals surface area contributed by atoms with Gasteiger partial charge in [-0.1, -0.05) is 56.5 Å². The second-order valence-electron chi connectivity index (χ2n) is 6.13. The van der Waals surface area contributed by atoms with E-state index in [1.54, 1.807) is 0 Å². The molecule has 0 aromatic heterocycles. The highest BCUT2D eigenvalue weighted by atomic mass is 32.2. The second kappa shape index (κ2) is 5.88. The predicted molar refractivity (Wildman–Crippen MR) is 82.5 cm³/mol. The van der Waals surface area contributed by atoms with Gasteiger partial charge in [0, 0.05) is 11.0 Å². The molecule has 1 aliphatic heterocycles. The SMILES string of the molecule is C[C@H]1COC2(CCCCC2)[C@@H]1SCc1ccccc1. The van der Waals surface area contributed by atoms with Crippen LogP contribution in [0.2, 0.25) is 0 Å². The Kier molecular flexibility index (Phi) is 4.18. The van der Waals surface area contributed by atoms with Crippen molar-refractivity contribution < 1.29 is 4.74 Å². The molecule has 0 unspecified atom stereocenters. The summed E-state index contributed by atoms with van der Waals surface area (Å²) in [5.74, 6) is 1.83. The fourth-order valence-electron chi connectivity index (χ4n) is 3.64. The van der Waals surface area contributed by atoms with Crippen LogP contribution in [0.25, 0.3) is 0 Å². The van der Waals surface area contributed by atoms with Gasteiger partial charge in [-0.3, -0.25) is 0 Å². The largest absolute Gasteiger partial charge is 0.374 e. The summed E-state index contributed by atoms with van der Waals surface area (Å²) in [4.78, 5) is 0. The van der Waals surface area contributed by atoms with Crippen molar-refractivity contribution in [3.05, 3.63) is 35.9 Å². The molecule has 2 heteroatoms. The Labute approximate surface area is 121 Å². The van der Waals surface area contributed by atoms with E-state index in [2.05, 4.69) is 49.0 Å². The molecule has 19 heavy (non-hydrogen) atoms. The number of ether oxygens (including phenoxy) is 1. The third kappa shape index (κ3) is 2.85. The van der Waals surface area contributed by atoms with Gasteiger partial charge in [0.2, 0.25) is 0 Å². The van der Waals surface area contributed by atoms with Crippen LogP contribution in [0.3, 0.4) is 0 Å². The van der Waals surface area contributed by atoms with Gasteiger partial charge in [0.05, 0.1) is 12.2 Å². The van der Waals surface area contributed by atoms with E-state index < -0.39 is 0 Å². The summed E-state index contributed by atoms with van der Waals surface area (Å²) in [6, 6.07) is 10.8. The molecular formula is C17H24OS. The highest BCUT2D eigenvalue weighted by Crippen LogP contribution is 2.48. The molecule has 2 aliphatic rings. The molecule has 2 fully saturated rings. The van der Waals surface area contributed by atoms with E-state index in [1.165, 1.54) is 37.7 Å². The molecule has 1 nitrogen and oxygen atoms in total. The summed E-state index contributed by atoms with van der Waals surface area (Å²) in [5.41, 5.74) is 1.65. The zero-order valence-electron chi connectivity index (χ0n) is 11.8. The molecule has 0 radical (unpaired) electrons. The highest BCUT2D eigenvalue weighted by Gasteiger charge is 2.48. The van der Waals surface area contributed by atoms with Crippen molar-refractivity contribution in [3.8, 4) is 0 Å². The Bertz CT molecular complexity index is 391. The molecule has 3 rings (SSSR count). The van der Waals surface area contributed by atoms with E-state index in [0.717, 1.165) is 12.4 Å². The molecule has 1 saturated carbocycles. The lowest BCUT2D eigenvalue weighted by atomic mass is 9.80. The first-order valence-electron chi connectivity index (χ1n) is 7.60. The van der Waals surface area contributed by atoms with Crippen LogP contribution in [0.5, 0.6) is 0 Å². The topological polar surface area (TPSA) is 9.23 Å². The van der Waals surface area contributed by atoms with Crippen LogP contribution < -0.4 is 0 Å².